The highest BCUT2D eigenvalue weighted by molar-refractivity contribution is 5.51. The topological polar surface area (TPSA) is 58.9 Å². The summed E-state index contributed by atoms with van der Waals surface area (Å²) in [6.07, 6.45) is 5.11. The van der Waals surface area contributed by atoms with Gasteiger partial charge in [0.25, 0.3) is 0 Å². The van der Waals surface area contributed by atoms with E-state index in [1.54, 1.807) is 31.4 Å². The lowest BCUT2D eigenvalue weighted by Crippen LogP contribution is -2.20. The van der Waals surface area contributed by atoms with E-state index in [1.807, 2.05) is 0 Å². The molecule has 0 aliphatic heterocycles. The molecule has 1 aromatic carbocycles. The Morgan fingerprint density at radius 1 is 1.41 bits per heavy atom. The van der Waals surface area contributed by atoms with Gasteiger partial charge in [0.05, 0.1) is 12.7 Å². The van der Waals surface area contributed by atoms with Crippen molar-refractivity contribution in [1.29, 1.82) is 0 Å². The Hall–Kier alpha value is -1.80. The predicted octanol–water partition coefficient (Wildman–Crippen LogP) is 2.51. The van der Waals surface area contributed by atoms with Crippen LogP contribution in [0.3, 0.4) is 0 Å². The van der Waals surface area contributed by atoms with Crippen LogP contribution in [-0.2, 0) is 10.3 Å². The summed E-state index contributed by atoms with van der Waals surface area (Å²) in [5, 5.41) is 10.0. The normalized spacial score (nSPS) is 17.5. The maximum absolute atomic E-state index is 10.6. The van der Waals surface area contributed by atoms with Gasteiger partial charge in [-0.1, -0.05) is 18.9 Å². The Labute approximate surface area is 99.9 Å². The van der Waals surface area contributed by atoms with Crippen LogP contribution in [0.25, 0.3) is 0 Å². The molecule has 1 fully saturated rings. The highest BCUT2D eigenvalue weighted by Gasteiger charge is 2.40. The molecule has 1 saturated carbocycles. The van der Waals surface area contributed by atoms with E-state index in [0.29, 0.717) is 11.3 Å². The van der Waals surface area contributed by atoms with Crippen LogP contribution in [0.4, 0.5) is 0 Å². The maximum atomic E-state index is 10.6. The van der Waals surface area contributed by atoms with Crippen molar-refractivity contribution in [3.05, 3.63) is 23.8 Å². The molecule has 4 nitrogen and oxygen atoms in total. The smallest absolute Gasteiger partial charge is 0.235 e. The predicted molar refractivity (Wildman–Crippen MR) is 62.9 cm³/mol. The number of benzene rings is 1. The quantitative estimate of drug-likeness (QED) is 0.644. The number of ether oxygens (including phenoxy) is 1. The van der Waals surface area contributed by atoms with Crippen molar-refractivity contribution < 1.29 is 14.6 Å². The van der Waals surface area contributed by atoms with Crippen LogP contribution < -0.4 is 4.74 Å². The molecule has 90 valence electrons. The van der Waals surface area contributed by atoms with Gasteiger partial charge >= 0.3 is 0 Å². The van der Waals surface area contributed by atoms with E-state index in [9.17, 15) is 9.90 Å². The SMILES string of the molecule is COc1cccc(O)c1C1(N=C=O)CCCC1. The van der Waals surface area contributed by atoms with Crippen molar-refractivity contribution in [3.8, 4) is 11.5 Å². The van der Waals surface area contributed by atoms with Crippen LogP contribution in [0.5, 0.6) is 11.5 Å². The lowest BCUT2D eigenvalue weighted by molar-refractivity contribution is 0.360. The summed E-state index contributed by atoms with van der Waals surface area (Å²) in [5.41, 5.74) is -0.0401. The average molecular weight is 233 g/mol. The first-order valence-electron chi connectivity index (χ1n) is 5.69. The summed E-state index contributed by atoms with van der Waals surface area (Å²) < 4.78 is 5.26. The highest BCUT2D eigenvalue weighted by atomic mass is 16.5. The second-order valence-corrected chi connectivity index (χ2v) is 4.30. The number of aromatic hydroxyl groups is 1. The average Bonchev–Trinajstić information content (AvgIpc) is 2.78. The summed E-state index contributed by atoms with van der Waals surface area (Å²) in [7, 11) is 1.55. The number of hydrogen-bond donors (Lipinski definition) is 1. The Bertz CT molecular complexity index is 458. The van der Waals surface area contributed by atoms with Crippen LogP contribution >= 0.6 is 0 Å². The minimum atomic E-state index is -0.654. The van der Waals surface area contributed by atoms with Gasteiger partial charge in [0.15, 0.2) is 0 Å². The zero-order valence-corrected chi connectivity index (χ0v) is 9.77. The number of isocyanates is 1. The Balaban J connectivity index is 2.60. The summed E-state index contributed by atoms with van der Waals surface area (Å²) >= 11 is 0. The molecular formula is C13H15NO3. The first-order chi connectivity index (χ1) is 8.23. The van der Waals surface area contributed by atoms with E-state index in [0.717, 1.165) is 25.7 Å². The molecule has 0 unspecified atom stereocenters. The Kier molecular flexibility index (Phi) is 3.16. The van der Waals surface area contributed by atoms with Crippen molar-refractivity contribution in [1.82, 2.24) is 0 Å². The zero-order chi connectivity index (χ0) is 12.3. The molecule has 0 radical (unpaired) electrons. The molecule has 1 aliphatic carbocycles. The van der Waals surface area contributed by atoms with E-state index < -0.39 is 5.54 Å². The largest absolute Gasteiger partial charge is 0.507 e. The fraction of sp³-hybridized carbons (Fsp3) is 0.462. The molecule has 17 heavy (non-hydrogen) atoms. The van der Waals surface area contributed by atoms with Gasteiger partial charge in [-0.25, -0.2) is 4.79 Å². The molecule has 2 rings (SSSR count). The summed E-state index contributed by atoms with van der Waals surface area (Å²) in [6, 6.07) is 5.08. The van der Waals surface area contributed by atoms with Crippen LogP contribution in [0.2, 0.25) is 0 Å². The van der Waals surface area contributed by atoms with Gasteiger partial charge in [0, 0.05) is 0 Å². The van der Waals surface area contributed by atoms with E-state index in [2.05, 4.69) is 4.99 Å². The Morgan fingerprint density at radius 2 is 2.12 bits per heavy atom. The van der Waals surface area contributed by atoms with Crippen LogP contribution in [0.15, 0.2) is 23.2 Å². The monoisotopic (exact) mass is 233 g/mol. The first-order valence-corrected chi connectivity index (χ1v) is 5.69. The number of rotatable bonds is 3. The lowest BCUT2D eigenvalue weighted by Gasteiger charge is -2.25. The van der Waals surface area contributed by atoms with Crippen molar-refractivity contribution in [2.75, 3.05) is 7.11 Å². The lowest BCUT2D eigenvalue weighted by atomic mass is 9.87. The van der Waals surface area contributed by atoms with Gasteiger partial charge in [0.1, 0.15) is 17.0 Å². The molecular weight excluding hydrogens is 218 g/mol. The maximum Gasteiger partial charge on any atom is 0.235 e. The van der Waals surface area contributed by atoms with Gasteiger partial charge < -0.3 is 9.84 Å². The third-order valence-corrected chi connectivity index (χ3v) is 3.38. The first kappa shape index (κ1) is 11.7. The number of hydrogen-bond acceptors (Lipinski definition) is 4. The molecule has 0 spiro atoms. The second-order valence-electron chi connectivity index (χ2n) is 4.30. The molecule has 1 N–H and O–H groups in total. The zero-order valence-electron chi connectivity index (χ0n) is 9.77. The molecule has 0 bridgehead atoms. The van der Waals surface area contributed by atoms with Crippen LogP contribution in [-0.4, -0.2) is 18.3 Å². The fourth-order valence-electron chi connectivity index (χ4n) is 2.62. The van der Waals surface area contributed by atoms with Gasteiger partial charge in [-0.05, 0) is 25.0 Å². The fourth-order valence-corrected chi connectivity index (χ4v) is 2.62. The van der Waals surface area contributed by atoms with Crippen LogP contribution in [0.1, 0.15) is 31.2 Å². The minimum absolute atomic E-state index is 0.130. The van der Waals surface area contributed by atoms with Crippen molar-refractivity contribution in [3.63, 3.8) is 0 Å². The molecule has 1 aliphatic rings. The molecule has 0 amide bonds. The minimum Gasteiger partial charge on any atom is -0.507 e. The number of nitrogens with zero attached hydrogens (tertiary/aromatic N) is 1. The van der Waals surface area contributed by atoms with E-state index in [4.69, 9.17) is 4.74 Å². The number of carbonyl (C=O) groups excluding carboxylic acids is 1. The standard InChI is InChI=1S/C13H15NO3/c1-17-11-6-4-5-10(16)12(11)13(14-9-15)7-2-3-8-13/h4-6,16H,2-3,7-8H2,1H3. The van der Waals surface area contributed by atoms with Gasteiger partial charge in [-0.3, -0.25) is 0 Å². The molecule has 4 heteroatoms. The van der Waals surface area contributed by atoms with E-state index >= 15 is 0 Å². The van der Waals surface area contributed by atoms with Gasteiger partial charge in [-0.2, -0.15) is 4.99 Å². The van der Waals surface area contributed by atoms with Gasteiger partial charge in [-0.15, -0.1) is 0 Å². The number of phenols is 1. The summed E-state index contributed by atoms with van der Waals surface area (Å²) in [5.74, 6) is 0.705. The summed E-state index contributed by atoms with van der Waals surface area (Å²) in [6.45, 7) is 0. The van der Waals surface area contributed by atoms with Crippen molar-refractivity contribution >= 4 is 6.08 Å². The van der Waals surface area contributed by atoms with Crippen molar-refractivity contribution in [2.45, 2.75) is 31.2 Å². The number of aliphatic imine (C=N–C) groups is 1. The second kappa shape index (κ2) is 4.60. The van der Waals surface area contributed by atoms with E-state index in [1.165, 1.54) is 0 Å². The molecule has 1 aromatic rings. The molecule has 0 atom stereocenters. The Morgan fingerprint density at radius 3 is 2.71 bits per heavy atom. The number of methoxy groups -OCH3 is 1. The highest BCUT2D eigenvalue weighted by Crippen LogP contribution is 2.49. The third kappa shape index (κ3) is 1.92. The summed E-state index contributed by atoms with van der Waals surface area (Å²) in [4.78, 5) is 14.6. The molecule has 0 heterocycles. The van der Waals surface area contributed by atoms with Gasteiger partial charge in [0.2, 0.25) is 6.08 Å². The molecule has 0 saturated heterocycles. The third-order valence-electron chi connectivity index (χ3n) is 3.38. The molecule has 0 aromatic heterocycles. The van der Waals surface area contributed by atoms with Crippen LogP contribution in [0, 0.1) is 0 Å². The van der Waals surface area contributed by atoms with E-state index in [-0.39, 0.29) is 5.75 Å². The number of phenolic OH excluding ortho intramolecular Hbond substituents is 1. The van der Waals surface area contributed by atoms with Crippen molar-refractivity contribution in [2.24, 2.45) is 4.99 Å².